The molecule has 1 fully saturated rings. The minimum atomic E-state index is -0.0744. The number of nitrogens with one attached hydrogen (secondary N) is 1. The molecule has 1 amide bonds. The average Bonchev–Trinajstić information content (AvgIpc) is 2.74. The van der Waals surface area contributed by atoms with E-state index in [9.17, 15) is 4.79 Å². The molecule has 1 N–H and O–H groups in total. The monoisotopic (exact) mass is 287 g/mol. The molecule has 1 aliphatic heterocycles. The van der Waals surface area contributed by atoms with E-state index in [2.05, 4.69) is 10.2 Å². The highest BCUT2D eigenvalue weighted by Crippen LogP contribution is 2.23. The third-order valence-electron chi connectivity index (χ3n) is 3.07. The maximum atomic E-state index is 12.1. The van der Waals surface area contributed by atoms with Gasteiger partial charge in [0.1, 0.15) is 6.04 Å². The maximum Gasteiger partial charge on any atom is 0.240 e. The van der Waals surface area contributed by atoms with Crippen LogP contribution in [0, 0.1) is 0 Å². The first-order chi connectivity index (χ1) is 8.58. The van der Waals surface area contributed by atoms with E-state index in [4.69, 9.17) is 11.6 Å². The fourth-order valence-electron chi connectivity index (χ4n) is 2.11. The van der Waals surface area contributed by atoms with E-state index >= 15 is 0 Å². The molecule has 1 saturated heterocycles. The van der Waals surface area contributed by atoms with Crippen molar-refractivity contribution >= 4 is 28.8 Å². The van der Waals surface area contributed by atoms with E-state index in [0.717, 1.165) is 30.5 Å². The second-order valence-corrected chi connectivity index (χ2v) is 6.43. The number of carbonyl (C=O) groups is 1. The summed E-state index contributed by atoms with van der Waals surface area (Å²) in [6, 6.07) is 3.87. The van der Waals surface area contributed by atoms with Crippen LogP contribution < -0.4 is 5.32 Å². The number of thiophene rings is 1. The fourth-order valence-corrected chi connectivity index (χ4v) is 3.23. The molecule has 1 aromatic rings. The first-order valence-corrected chi connectivity index (χ1v) is 7.17. The van der Waals surface area contributed by atoms with E-state index in [1.165, 1.54) is 4.88 Å². The highest BCUT2D eigenvalue weighted by Gasteiger charge is 2.29. The van der Waals surface area contributed by atoms with E-state index < -0.39 is 0 Å². The Balaban J connectivity index is 2.06. The quantitative estimate of drug-likeness (QED) is 0.909. The number of piperazine rings is 1. The average molecular weight is 288 g/mol. The number of halogens is 1. The second-order valence-electron chi connectivity index (χ2n) is 4.63. The maximum absolute atomic E-state index is 12.1. The zero-order chi connectivity index (χ0) is 13.1. The summed E-state index contributed by atoms with van der Waals surface area (Å²) in [7, 11) is 3.61. The zero-order valence-electron chi connectivity index (χ0n) is 10.6. The molecule has 4 nitrogen and oxygen atoms in total. The van der Waals surface area contributed by atoms with Gasteiger partial charge < -0.3 is 10.2 Å². The van der Waals surface area contributed by atoms with E-state index in [0.29, 0.717) is 0 Å². The van der Waals surface area contributed by atoms with Gasteiger partial charge >= 0.3 is 0 Å². The lowest BCUT2D eigenvalue weighted by Crippen LogP contribution is -2.57. The lowest BCUT2D eigenvalue weighted by Gasteiger charge is -2.36. The van der Waals surface area contributed by atoms with Gasteiger partial charge in [-0.3, -0.25) is 9.69 Å². The third-order valence-corrected chi connectivity index (χ3v) is 4.28. The molecule has 6 heteroatoms. The smallest absolute Gasteiger partial charge is 0.240 e. The second kappa shape index (κ2) is 6.02. The molecule has 1 unspecified atom stereocenters. The van der Waals surface area contributed by atoms with Crippen LogP contribution in [0.4, 0.5) is 0 Å². The molecule has 1 aromatic heterocycles. The summed E-state index contributed by atoms with van der Waals surface area (Å²) < 4.78 is 0.802. The van der Waals surface area contributed by atoms with Crippen LogP contribution in [0.1, 0.15) is 4.88 Å². The van der Waals surface area contributed by atoms with Crippen LogP contribution in [-0.2, 0) is 11.3 Å². The molecule has 0 aromatic carbocycles. The Morgan fingerprint density at radius 3 is 3.00 bits per heavy atom. The fraction of sp³-hybridized carbons (Fsp3) is 0.583. The molecule has 2 rings (SSSR count). The summed E-state index contributed by atoms with van der Waals surface area (Å²) in [5.74, 6) is 0.157. The molecule has 1 atom stereocenters. The van der Waals surface area contributed by atoms with Crippen LogP contribution >= 0.6 is 22.9 Å². The van der Waals surface area contributed by atoms with Gasteiger partial charge in [0, 0.05) is 45.2 Å². The van der Waals surface area contributed by atoms with E-state index in [1.807, 2.05) is 12.1 Å². The molecule has 100 valence electrons. The Kier molecular flexibility index (Phi) is 4.61. The number of rotatable bonds is 3. The van der Waals surface area contributed by atoms with Crippen molar-refractivity contribution in [2.24, 2.45) is 0 Å². The van der Waals surface area contributed by atoms with Gasteiger partial charge in [0.2, 0.25) is 5.91 Å². The standard InChI is InChI=1S/C12H18ClN3OS/c1-15(2)12(17)10-7-14-5-6-16(10)8-9-3-4-11(13)18-9/h3-4,10,14H,5-8H2,1-2H3. The lowest BCUT2D eigenvalue weighted by molar-refractivity contribution is -0.135. The Labute approximate surface area is 117 Å². The molecule has 0 saturated carbocycles. The van der Waals surface area contributed by atoms with Crippen molar-refractivity contribution in [2.45, 2.75) is 12.6 Å². The molecule has 0 aliphatic carbocycles. The summed E-state index contributed by atoms with van der Waals surface area (Å²) in [6.45, 7) is 3.33. The summed E-state index contributed by atoms with van der Waals surface area (Å²) in [5, 5.41) is 3.28. The van der Waals surface area contributed by atoms with Crippen molar-refractivity contribution in [1.29, 1.82) is 0 Å². The van der Waals surface area contributed by atoms with Crippen LogP contribution in [0.25, 0.3) is 0 Å². The number of nitrogens with zero attached hydrogens (tertiary/aromatic N) is 2. The molecular weight excluding hydrogens is 270 g/mol. The number of amides is 1. The third kappa shape index (κ3) is 3.23. The summed E-state index contributed by atoms with van der Waals surface area (Å²) in [5.41, 5.74) is 0. The highest BCUT2D eigenvalue weighted by atomic mass is 35.5. The van der Waals surface area contributed by atoms with Crippen molar-refractivity contribution in [3.8, 4) is 0 Å². The van der Waals surface area contributed by atoms with E-state index in [1.54, 1.807) is 30.3 Å². The highest BCUT2D eigenvalue weighted by molar-refractivity contribution is 7.16. The summed E-state index contributed by atoms with van der Waals surface area (Å²) in [6.07, 6.45) is 0. The van der Waals surface area contributed by atoms with Crippen molar-refractivity contribution in [3.63, 3.8) is 0 Å². The van der Waals surface area contributed by atoms with Crippen molar-refractivity contribution in [3.05, 3.63) is 21.3 Å². The van der Waals surface area contributed by atoms with Gasteiger partial charge in [-0.15, -0.1) is 11.3 Å². The predicted molar refractivity (Wildman–Crippen MR) is 75.1 cm³/mol. The summed E-state index contributed by atoms with van der Waals surface area (Å²) >= 11 is 7.52. The van der Waals surface area contributed by atoms with Gasteiger partial charge in [0.25, 0.3) is 0 Å². The van der Waals surface area contributed by atoms with Gasteiger partial charge in [-0.25, -0.2) is 0 Å². The Morgan fingerprint density at radius 1 is 1.61 bits per heavy atom. The Morgan fingerprint density at radius 2 is 2.39 bits per heavy atom. The minimum Gasteiger partial charge on any atom is -0.347 e. The van der Waals surface area contributed by atoms with Crippen molar-refractivity contribution < 1.29 is 4.79 Å². The van der Waals surface area contributed by atoms with Crippen LogP contribution in [-0.4, -0.2) is 55.5 Å². The largest absolute Gasteiger partial charge is 0.347 e. The zero-order valence-corrected chi connectivity index (χ0v) is 12.2. The number of hydrogen-bond donors (Lipinski definition) is 1. The molecule has 0 bridgehead atoms. The normalized spacial score (nSPS) is 20.9. The number of likely N-dealkylation sites (N-methyl/N-ethyl adjacent to an activating group) is 1. The van der Waals surface area contributed by atoms with Crippen molar-refractivity contribution in [1.82, 2.24) is 15.1 Å². The van der Waals surface area contributed by atoms with E-state index in [-0.39, 0.29) is 11.9 Å². The topological polar surface area (TPSA) is 35.6 Å². The molecule has 18 heavy (non-hydrogen) atoms. The molecular formula is C12H18ClN3OS. The van der Waals surface area contributed by atoms with Crippen LogP contribution in [0.2, 0.25) is 4.34 Å². The van der Waals surface area contributed by atoms with Crippen LogP contribution in [0.5, 0.6) is 0 Å². The van der Waals surface area contributed by atoms with Gasteiger partial charge in [0.05, 0.1) is 4.34 Å². The molecule has 0 spiro atoms. The number of hydrogen-bond acceptors (Lipinski definition) is 4. The van der Waals surface area contributed by atoms with Gasteiger partial charge in [-0.1, -0.05) is 11.6 Å². The van der Waals surface area contributed by atoms with Gasteiger partial charge in [-0.2, -0.15) is 0 Å². The lowest BCUT2D eigenvalue weighted by atomic mass is 10.1. The van der Waals surface area contributed by atoms with Crippen LogP contribution in [0.15, 0.2) is 12.1 Å². The van der Waals surface area contributed by atoms with Crippen LogP contribution in [0.3, 0.4) is 0 Å². The van der Waals surface area contributed by atoms with Gasteiger partial charge in [0.15, 0.2) is 0 Å². The van der Waals surface area contributed by atoms with Crippen molar-refractivity contribution in [2.75, 3.05) is 33.7 Å². The Bertz CT molecular complexity index is 421. The van der Waals surface area contributed by atoms with Gasteiger partial charge in [-0.05, 0) is 12.1 Å². The molecule has 2 heterocycles. The minimum absolute atomic E-state index is 0.0744. The first-order valence-electron chi connectivity index (χ1n) is 5.98. The Hall–Kier alpha value is -0.620. The molecule has 0 radical (unpaired) electrons. The predicted octanol–water partition coefficient (Wildman–Crippen LogP) is 1.26. The first kappa shape index (κ1) is 13.8. The SMILES string of the molecule is CN(C)C(=O)C1CNCCN1Cc1ccc(Cl)s1. The summed E-state index contributed by atoms with van der Waals surface area (Å²) in [4.78, 5) is 17.2. The molecule has 1 aliphatic rings. The number of carbonyl (C=O) groups excluding carboxylic acids is 1.